The van der Waals surface area contributed by atoms with Gasteiger partial charge in [-0.2, -0.15) is 0 Å². The first-order chi connectivity index (χ1) is 8.98. The zero-order valence-corrected chi connectivity index (χ0v) is 12.4. The summed E-state index contributed by atoms with van der Waals surface area (Å²) in [5.41, 5.74) is 2.11. The molecule has 1 rings (SSSR count). The summed E-state index contributed by atoms with van der Waals surface area (Å²) in [6.07, 6.45) is 3.66. The van der Waals surface area contributed by atoms with E-state index in [1.807, 2.05) is 19.9 Å². The van der Waals surface area contributed by atoms with Crippen LogP contribution >= 0.6 is 0 Å². The molecule has 0 fully saturated rings. The van der Waals surface area contributed by atoms with Crippen LogP contribution in [0.4, 0.5) is 0 Å². The molecule has 0 aromatic carbocycles. The highest BCUT2D eigenvalue weighted by molar-refractivity contribution is 5.78. The smallest absolute Gasteiger partial charge is 0.234 e. The average molecular weight is 263 g/mol. The molecule has 0 bridgehead atoms. The minimum absolute atomic E-state index is 0.0285. The van der Waals surface area contributed by atoms with E-state index in [4.69, 9.17) is 0 Å². The lowest BCUT2D eigenvalue weighted by molar-refractivity contribution is -0.121. The number of aromatic nitrogens is 1. The van der Waals surface area contributed by atoms with Crippen LogP contribution in [0.25, 0.3) is 0 Å². The summed E-state index contributed by atoms with van der Waals surface area (Å²) in [5, 5.41) is 6.15. The molecule has 4 nitrogen and oxygen atoms in total. The normalized spacial score (nSPS) is 11.4. The van der Waals surface area contributed by atoms with Gasteiger partial charge < -0.3 is 10.6 Å². The zero-order chi connectivity index (χ0) is 14.3. The summed E-state index contributed by atoms with van der Waals surface area (Å²) in [6.45, 7) is 9.18. The molecular weight excluding hydrogens is 238 g/mol. The molecule has 0 saturated carbocycles. The van der Waals surface area contributed by atoms with E-state index < -0.39 is 0 Å². The molecule has 0 unspecified atom stereocenters. The number of hydrogen-bond acceptors (Lipinski definition) is 3. The van der Waals surface area contributed by atoms with Crippen LogP contribution in [0.5, 0.6) is 0 Å². The fourth-order valence-electron chi connectivity index (χ4n) is 1.76. The monoisotopic (exact) mass is 263 g/mol. The highest BCUT2D eigenvalue weighted by Crippen LogP contribution is 2.07. The number of nitrogens with zero attached hydrogens (tertiary/aromatic N) is 1. The summed E-state index contributed by atoms with van der Waals surface area (Å²) >= 11 is 0. The number of pyridine rings is 1. The summed E-state index contributed by atoms with van der Waals surface area (Å²) in [6, 6.07) is 4.02. The van der Waals surface area contributed by atoms with Crippen molar-refractivity contribution in [3.63, 3.8) is 0 Å². The van der Waals surface area contributed by atoms with Crippen molar-refractivity contribution in [3.8, 4) is 0 Å². The van der Waals surface area contributed by atoms with E-state index in [0.717, 1.165) is 18.5 Å². The van der Waals surface area contributed by atoms with Crippen molar-refractivity contribution in [2.45, 2.75) is 52.6 Å². The van der Waals surface area contributed by atoms with Crippen LogP contribution < -0.4 is 10.6 Å². The molecule has 19 heavy (non-hydrogen) atoms. The minimum Gasteiger partial charge on any atom is -0.350 e. The maximum Gasteiger partial charge on any atom is 0.234 e. The predicted octanol–water partition coefficient (Wildman–Crippen LogP) is 2.04. The van der Waals surface area contributed by atoms with Gasteiger partial charge in [-0.05, 0) is 38.3 Å². The molecule has 1 aromatic rings. The minimum atomic E-state index is -0.141. The van der Waals surface area contributed by atoms with E-state index >= 15 is 0 Å². The predicted molar refractivity (Wildman–Crippen MR) is 77.8 cm³/mol. The lowest BCUT2D eigenvalue weighted by atomic mass is 10.0. The van der Waals surface area contributed by atoms with Crippen LogP contribution in [-0.2, 0) is 17.8 Å². The zero-order valence-electron chi connectivity index (χ0n) is 12.4. The number of hydrogen-bond donors (Lipinski definition) is 2. The molecule has 0 aliphatic carbocycles. The Kier molecular flexibility index (Phi) is 5.96. The quantitative estimate of drug-likeness (QED) is 0.791. The Hall–Kier alpha value is -1.42. The van der Waals surface area contributed by atoms with Crippen molar-refractivity contribution >= 4 is 5.91 Å². The molecular formula is C15H25N3O. The summed E-state index contributed by atoms with van der Waals surface area (Å²) in [5.74, 6) is 0.0285. The largest absolute Gasteiger partial charge is 0.350 e. The molecule has 0 spiro atoms. The van der Waals surface area contributed by atoms with Gasteiger partial charge in [0.25, 0.3) is 0 Å². The van der Waals surface area contributed by atoms with Gasteiger partial charge >= 0.3 is 0 Å². The number of nitrogens with one attached hydrogen (secondary N) is 2. The lowest BCUT2D eigenvalue weighted by Crippen LogP contribution is -2.46. The van der Waals surface area contributed by atoms with Gasteiger partial charge in [-0.25, -0.2) is 0 Å². The van der Waals surface area contributed by atoms with E-state index in [9.17, 15) is 4.79 Å². The summed E-state index contributed by atoms with van der Waals surface area (Å²) in [7, 11) is 0. The molecule has 0 aliphatic rings. The van der Waals surface area contributed by atoms with Crippen LogP contribution in [0.1, 0.15) is 45.4 Å². The first kappa shape index (κ1) is 15.6. The maximum atomic E-state index is 11.8. The number of carbonyl (C=O) groups excluding carboxylic acids is 1. The second-order valence-electron chi connectivity index (χ2n) is 5.35. The van der Waals surface area contributed by atoms with Crippen LogP contribution in [-0.4, -0.2) is 23.0 Å². The lowest BCUT2D eigenvalue weighted by Gasteiger charge is -2.24. The molecule has 0 saturated heterocycles. The molecule has 2 N–H and O–H groups in total. The SMILES string of the molecule is CCc1cccnc1CNCC(=O)NC(C)(C)CC. The van der Waals surface area contributed by atoms with Crippen molar-refractivity contribution in [2.75, 3.05) is 6.54 Å². The first-order valence-electron chi connectivity index (χ1n) is 6.93. The molecule has 1 aromatic heterocycles. The number of carbonyl (C=O) groups is 1. The van der Waals surface area contributed by atoms with Gasteiger partial charge in [0.1, 0.15) is 0 Å². The van der Waals surface area contributed by atoms with Crippen LogP contribution in [0.15, 0.2) is 18.3 Å². The third kappa shape index (κ3) is 5.39. The highest BCUT2D eigenvalue weighted by Gasteiger charge is 2.17. The Bertz CT molecular complexity index is 416. The Morgan fingerprint density at radius 3 is 2.74 bits per heavy atom. The molecule has 0 radical (unpaired) electrons. The fraction of sp³-hybridized carbons (Fsp3) is 0.600. The van der Waals surface area contributed by atoms with Gasteiger partial charge in [0, 0.05) is 18.3 Å². The van der Waals surface area contributed by atoms with E-state index in [0.29, 0.717) is 13.1 Å². The molecule has 1 heterocycles. The second kappa shape index (κ2) is 7.24. The molecule has 106 valence electrons. The van der Waals surface area contributed by atoms with Crippen molar-refractivity contribution in [1.82, 2.24) is 15.6 Å². The standard InChI is InChI=1S/C15H25N3O/c1-5-12-8-7-9-17-13(12)10-16-11-14(19)18-15(3,4)6-2/h7-9,16H,5-6,10-11H2,1-4H3,(H,18,19). The molecule has 0 aliphatic heterocycles. The van der Waals surface area contributed by atoms with Crippen LogP contribution in [0.2, 0.25) is 0 Å². The van der Waals surface area contributed by atoms with Gasteiger partial charge in [0.15, 0.2) is 0 Å². The van der Waals surface area contributed by atoms with Crippen molar-refractivity contribution < 1.29 is 4.79 Å². The highest BCUT2D eigenvalue weighted by atomic mass is 16.2. The van der Waals surface area contributed by atoms with Crippen LogP contribution in [0, 0.1) is 0 Å². The van der Waals surface area contributed by atoms with Gasteiger partial charge in [-0.3, -0.25) is 9.78 Å². The van der Waals surface area contributed by atoms with E-state index in [-0.39, 0.29) is 11.4 Å². The van der Waals surface area contributed by atoms with Crippen molar-refractivity contribution in [2.24, 2.45) is 0 Å². The fourth-order valence-corrected chi connectivity index (χ4v) is 1.76. The Morgan fingerprint density at radius 2 is 2.11 bits per heavy atom. The van der Waals surface area contributed by atoms with E-state index in [1.165, 1.54) is 5.56 Å². The van der Waals surface area contributed by atoms with Crippen molar-refractivity contribution in [1.29, 1.82) is 0 Å². The Balaban J connectivity index is 2.40. The number of amides is 1. The third-order valence-electron chi connectivity index (χ3n) is 3.31. The van der Waals surface area contributed by atoms with E-state index in [2.05, 4.69) is 35.5 Å². The number of aryl methyl sites for hydroxylation is 1. The average Bonchev–Trinajstić information content (AvgIpc) is 2.38. The first-order valence-corrected chi connectivity index (χ1v) is 6.93. The molecule has 1 amide bonds. The van der Waals surface area contributed by atoms with Crippen molar-refractivity contribution in [3.05, 3.63) is 29.6 Å². The number of rotatable bonds is 7. The topological polar surface area (TPSA) is 54.0 Å². The Morgan fingerprint density at radius 1 is 1.37 bits per heavy atom. The summed E-state index contributed by atoms with van der Waals surface area (Å²) < 4.78 is 0. The molecule has 0 atom stereocenters. The van der Waals surface area contributed by atoms with Gasteiger partial charge in [0.05, 0.1) is 12.2 Å². The van der Waals surface area contributed by atoms with Gasteiger partial charge in [0.2, 0.25) is 5.91 Å². The van der Waals surface area contributed by atoms with Crippen LogP contribution in [0.3, 0.4) is 0 Å². The maximum absolute atomic E-state index is 11.8. The second-order valence-corrected chi connectivity index (χ2v) is 5.35. The summed E-state index contributed by atoms with van der Waals surface area (Å²) in [4.78, 5) is 16.1. The van der Waals surface area contributed by atoms with Gasteiger partial charge in [-0.1, -0.05) is 19.9 Å². The third-order valence-corrected chi connectivity index (χ3v) is 3.31. The Labute approximate surface area is 116 Å². The van der Waals surface area contributed by atoms with E-state index in [1.54, 1.807) is 6.20 Å². The van der Waals surface area contributed by atoms with Gasteiger partial charge in [-0.15, -0.1) is 0 Å². The molecule has 4 heteroatoms.